The highest BCUT2D eigenvalue weighted by molar-refractivity contribution is 5.80. The highest BCUT2D eigenvalue weighted by Gasteiger charge is 2.25. The van der Waals surface area contributed by atoms with Crippen molar-refractivity contribution in [2.45, 2.75) is 32.9 Å². The summed E-state index contributed by atoms with van der Waals surface area (Å²) in [6.07, 6.45) is -0.575. The largest absolute Gasteiger partial charge is 0.442 e. The third-order valence-electron chi connectivity index (χ3n) is 4.84. The maximum absolute atomic E-state index is 13.0. The van der Waals surface area contributed by atoms with Crippen LogP contribution in [0.5, 0.6) is 0 Å². The van der Waals surface area contributed by atoms with Crippen LogP contribution in [0.3, 0.4) is 0 Å². The fourth-order valence-electron chi connectivity index (χ4n) is 3.41. The van der Waals surface area contributed by atoms with Crippen molar-refractivity contribution in [3.63, 3.8) is 0 Å². The number of hydrogen-bond acceptors (Lipinski definition) is 5. The van der Waals surface area contributed by atoms with E-state index in [-0.39, 0.29) is 5.56 Å². The van der Waals surface area contributed by atoms with E-state index < -0.39 is 11.7 Å². The second-order valence-corrected chi connectivity index (χ2v) is 8.62. The van der Waals surface area contributed by atoms with Crippen molar-refractivity contribution in [3.05, 3.63) is 101 Å². The maximum Gasteiger partial charge on any atom is 0.435 e. The summed E-state index contributed by atoms with van der Waals surface area (Å²) in [5, 5.41) is 4.62. The monoisotopic (exact) mass is 442 g/mol. The number of benzene rings is 2. The lowest BCUT2D eigenvalue weighted by Gasteiger charge is -2.22. The molecule has 7 heteroatoms. The lowest BCUT2D eigenvalue weighted by atomic mass is 10.1. The number of nitrogens with zero attached hydrogens (tertiary/aromatic N) is 3. The summed E-state index contributed by atoms with van der Waals surface area (Å²) in [5.74, 6) is 1.07. The van der Waals surface area contributed by atoms with Gasteiger partial charge in [-0.1, -0.05) is 66.7 Å². The molecule has 2 aromatic heterocycles. The van der Waals surface area contributed by atoms with Crippen molar-refractivity contribution >= 4 is 17.7 Å². The molecule has 0 aliphatic carbocycles. The van der Waals surface area contributed by atoms with Crippen molar-refractivity contribution in [1.29, 1.82) is 0 Å². The van der Waals surface area contributed by atoms with E-state index in [1.807, 2.05) is 92.4 Å². The summed E-state index contributed by atoms with van der Waals surface area (Å²) in [4.78, 5) is 29.8. The van der Waals surface area contributed by atoms with Crippen molar-refractivity contribution < 1.29 is 9.53 Å². The van der Waals surface area contributed by atoms with Gasteiger partial charge in [-0.2, -0.15) is 4.68 Å². The zero-order valence-electron chi connectivity index (χ0n) is 18.9. The molecule has 0 bridgehead atoms. The molecule has 0 aliphatic heterocycles. The van der Waals surface area contributed by atoms with E-state index in [0.717, 1.165) is 11.1 Å². The Hall–Kier alpha value is -4.13. The van der Waals surface area contributed by atoms with E-state index in [2.05, 4.69) is 10.1 Å². The first-order valence-corrected chi connectivity index (χ1v) is 10.7. The molecule has 0 unspecified atom stereocenters. The highest BCUT2D eigenvalue weighted by atomic mass is 16.6. The van der Waals surface area contributed by atoms with Gasteiger partial charge in [0.05, 0.1) is 12.2 Å². The Labute approximate surface area is 192 Å². The average molecular weight is 443 g/mol. The second kappa shape index (κ2) is 9.16. The van der Waals surface area contributed by atoms with Crippen molar-refractivity contribution in [2.75, 3.05) is 4.90 Å². The van der Waals surface area contributed by atoms with Gasteiger partial charge in [0.25, 0.3) is 0 Å². The van der Waals surface area contributed by atoms with Gasteiger partial charge in [0.15, 0.2) is 5.82 Å². The summed E-state index contributed by atoms with van der Waals surface area (Å²) in [6.45, 7) is 5.89. The quantitative estimate of drug-likeness (QED) is 0.450. The van der Waals surface area contributed by atoms with Gasteiger partial charge in [0.2, 0.25) is 5.56 Å². The average Bonchev–Trinajstić information content (AvgIpc) is 3.23. The van der Waals surface area contributed by atoms with Crippen molar-refractivity contribution in [1.82, 2.24) is 14.8 Å². The van der Waals surface area contributed by atoms with Gasteiger partial charge in [-0.25, -0.2) is 4.79 Å². The molecule has 0 spiro atoms. The number of pyridine rings is 1. The van der Waals surface area contributed by atoms with E-state index in [1.54, 1.807) is 12.1 Å². The van der Waals surface area contributed by atoms with Gasteiger partial charge in [-0.05, 0) is 32.4 Å². The van der Waals surface area contributed by atoms with E-state index in [0.29, 0.717) is 23.9 Å². The van der Waals surface area contributed by atoms with Crippen LogP contribution in [-0.2, 0) is 11.3 Å². The minimum absolute atomic E-state index is 0.222. The fraction of sp³-hybridized carbons (Fsp3) is 0.192. The van der Waals surface area contributed by atoms with E-state index in [1.165, 1.54) is 10.7 Å². The van der Waals surface area contributed by atoms with Crippen LogP contribution in [0.4, 0.5) is 16.4 Å². The molecule has 0 aliphatic rings. The predicted molar refractivity (Wildman–Crippen MR) is 129 cm³/mol. The Kier molecular flexibility index (Phi) is 6.13. The molecule has 2 heterocycles. The fourth-order valence-corrected chi connectivity index (χ4v) is 3.41. The van der Waals surface area contributed by atoms with Crippen LogP contribution >= 0.6 is 0 Å². The number of nitrogens with one attached hydrogen (secondary N) is 1. The molecule has 168 valence electrons. The molecular formula is C26H26N4O3. The normalized spacial score (nSPS) is 11.2. The zero-order chi connectivity index (χ0) is 23.4. The smallest absolute Gasteiger partial charge is 0.435 e. The van der Waals surface area contributed by atoms with Gasteiger partial charge < -0.3 is 14.6 Å². The SMILES string of the molecule is CC(C)(C)OC(=O)n1nc(N(Cc2ccccc2)c2cccc(=O)[nH]2)cc1-c1ccccc1. The summed E-state index contributed by atoms with van der Waals surface area (Å²) >= 11 is 0. The van der Waals surface area contributed by atoms with Crippen LogP contribution in [0.1, 0.15) is 26.3 Å². The molecule has 0 amide bonds. The number of carbonyl (C=O) groups is 1. The first-order valence-electron chi connectivity index (χ1n) is 10.7. The van der Waals surface area contributed by atoms with Crippen LogP contribution in [0.15, 0.2) is 89.7 Å². The molecule has 7 nitrogen and oxygen atoms in total. The molecule has 33 heavy (non-hydrogen) atoms. The van der Waals surface area contributed by atoms with Crippen LogP contribution in [0.2, 0.25) is 0 Å². The molecule has 2 aromatic carbocycles. The Morgan fingerprint density at radius 2 is 1.64 bits per heavy atom. The van der Waals surface area contributed by atoms with Gasteiger partial charge in [0.1, 0.15) is 11.4 Å². The Bertz CT molecular complexity index is 1290. The number of aromatic amines is 1. The van der Waals surface area contributed by atoms with E-state index >= 15 is 0 Å². The van der Waals surface area contributed by atoms with Crippen molar-refractivity contribution in [3.8, 4) is 11.3 Å². The number of anilines is 2. The minimum Gasteiger partial charge on any atom is -0.442 e. The Balaban J connectivity index is 1.84. The van der Waals surface area contributed by atoms with E-state index in [4.69, 9.17) is 4.74 Å². The van der Waals surface area contributed by atoms with Gasteiger partial charge in [0, 0.05) is 17.7 Å². The summed E-state index contributed by atoms with van der Waals surface area (Å²) in [7, 11) is 0. The molecule has 0 saturated carbocycles. The predicted octanol–water partition coefficient (Wildman–Crippen LogP) is 5.36. The number of H-pyrrole nitrogens is 1. The molecule has 0 saturated heterocycles. The Morgan fingerprint density at radius 3 is 2.27 bits per heavy atom. The second-order valence-electron chi connectivity index (χ2n) is 8.62. The van der Waals surface area contributed by atoms with E-state index in [9.17, 15) is 9.59 Å². The molecule has 1 N–H and O–H groups in total. The van der Waals surface area contributed by atoms with Crippen molar-refractivity contribution in [2.24, 2.45) is 0 Å². The van der Waals surface area contributed by atoms with Crippen LogP contribution in [-0.4, -0.2) is 26.5 Å². The maximum atomic E-state index is 13.0. The standard InChI is InChI=1S/C26H26N4O3/c1-26(2,3)33-25(32)30-21(20-13-8-5-9-14-20)17-23(28-30)29(18-19-11-6-4-7-12-19)22-15-10-16-24(31)27-22/h4-17H,18H2,1-3H3,(H,27,31). The molecule has 4 aromatic rings. The third-order valence-corrected chi connectivity index (χ3v) is 4.84. The number of aromatic nitrogens is 3. The Morgan fingerprint density at radius 1 is 0.970 bits per heavy atom. The molecule has 0 radical (unpaired) electrons. The summed E-state index contributed by atoms with van der Waals surface area (Å²) < 4.78 is 6.88. The van der Waals surface area contributed by atoms with Crippen LogP contribution in [0, 0.1) is 0 Å². The first kappa shape index (κ1) is 22.1. The molecule has 4 rings (SSSR count). The van der Waals surface area contributed by atoms with Crippen LogP contribution in [0.25, 0.3) is 11.3 Å². The number of hydrogen-bond donors (Lipinski definition) is 1. The lowest BCUT2D eigenvalue weighted by molar-refractivity contribution is 0.0518. The summed E-state index contributed by atoms with van der Waals surface area (Å²) in [6, 6.07) is 26.2. The highest BCUT2D eigenvalue weighted by Crippen LogP contribution is 2.30. The zero-order valence-corrected chi connectivity index (χ0v) is 18.9. The molecule has 0 atom stereocenters. The van der Waals surface area contributed by atoms with Gasteiger partial charge >= 0.3 is 6.09 Å². The van der Waals surface area contributed by atoms with Crippen LogP contribution < -0.4 is 10.5 Å². The first-order chi connectivity index (χ1) is 15.8. The lowest BCUT2D eigenvalue weighted by Crippen LogP contribution is -2.28. The summed E-state index contributed by atoms with van der Waals surface area (Å²) in [5.41, 5.74) is 1.54. The molecular weight excluding hydrogens is 416 g/mol. The number of carbonyl (C=O) groups excluding carboxylic acids is 1. The number of ether oxygens (including phenoxy) is 1. The molecule has 0 fully saturated rings. The number of rotatable bonds is 5. The third kappa shape index (κ3) is 5.38. The van der Waals surface area contributed by atoms with Gasteiger partial charge in [-0.3, -0.25) is 4.79 Å². The minimum atomic E-state index is -0.675. The topological polar surface area (TPSA) is 80.2 Å². The van der Waals surface area contributed by atoms with Gasteiger partial charge in [-0.15, -0.1) is 5.10 Å².